The van der Waals surface area contributed by atoms with Gasteiger partial charge in [0.05, 0.1) is 5.41 Å². The number of carbonyl (C=O) groups excluding carboxylic acids is 1. The standard InChI is InChI=1S/C16H24N2O/c1-12(2)16(8-4-13(3)5-9-16)15(19)18-14-6-10-17-11-7-14/h6-7,10-13H,4-5,8-9H2,1-3H3,(H,17,18,19). The quantitative estimate of drug-likeness (QED) is 0.896. The maximum atomic E-state index is 12.7. The lowest BCUT2D eigenvalue weighted by atomic mass is 9.64. The van der Waals surface area contributed by atoms with Crippen LogP contribution in [-0.4, -0.2) is 10.9 Å². The molecule has 1 aromatic heterocycles. The van der Waals surface area contributed by atoms with Crippen LogP contribution in [0.3, 0.4) is 0 Å². The Balaban J connectivity index is 2.13. The summed E-state index contributed by atoms with van der Waals surface area (Å²) in [6.45, 7) is 6.62. The van der Waals surface area contributed by atoms with Gasteiger partial charge in [0.1, 0.15) is 0 Å². The van der Waals surface area contributed by atoms with Gasteiger partial charge < -0.3 is 5.32 Å². The van der Waals surface area contributed by atoms with Crippen molar-refractivity contribution in [3.05, 3.63) is 24.5 Å². The van der Waals surface area contributed by atoms with Crippen LogP contribution in [0, 0.1) is 17.3 Å². The highest BCUT2D eigenvalue weighted by Gasteiger charge is 2.43. The monoisotopic (exact) mass is 260 g/mol. The molecule has 0 saturated heterocycles. The van der Waals surface area contributed by atoms with Gasteiger partial charge in [-0.2, -0.15) is 0 Å². The molecule has 1 saturated carbocycles. The number of aromatic nitrogens is 1. The van der Waals surface area contributed by atoms with Crippen LogP contribution < -0.4 is 5.32 Å². The predicted molar refractivity (Wildman–Crippen MR) is 77.8 cm³/mol. The van der Waals surface area contributed by atoms with Crippen molar-refractivity contribution in [2.45, 2.75) is 46.5 Å². The third-order valence-electron chi connectivity index (χ3n) is 4.66. The molecule has 0 aliphatic heterocycles. The molecule has 0 aromatic carbocycles. The second-order valence-corrected chi connectivity index (χ2v) is 6.18. The molecule has 3 heteroatoms. The first kappa shape index (κ1) is 14.0. The van der Waals surface area contributed by atoms with Gasteiger partial charge in [0, 0.05) is 18.1 Å². The third kappa shape index (κ3) is 2.96. The van der Waals surface area contributed by atoms with Crippen molar-refractivity contribution in [3.8, 4) is 0 Å². The molecular formula is C16H24N2O. The minimum Gasteiger partial charge on any atom is -0.325 e. The zero-order valence-corrected chi connectivity index (χ0v) is 12.1. The van der Waals surface area contributed by atoms with Crippen LogP contribution in [0.4, 0.5) is 5.69 Å². The molecule has 1 aromatic rings. The van der Waals surface area contributed by atoms with Crippen LogP contribution >= 0.6 is 0 Å². The fourth-order valence-electron chi connectivity index (χ4n) is 3.03. The Morgan fingerprint density at radius 2 is 1.89 bits per heavy atom. The van der Waals surface area contributed by atoms with Gasteiger partial charge in [-0.3, -0.25) is 9.78 Å². The van der Waals surface area contributed by atoms with E-state index >= 15 is 0 Å². The van der Waals surface area contributed by atoms with E-state index in [9.17, 15) is 4.79 Å². The maximum absolute atomic E-state index is 12.7. The number of anilines is 1. The van der Waals surface area contributed by atoms with Gasteiger partial charge in [0.25, 0.3) is 0 Å². The van der Waals surface area contributed by atoms with E-state index in [-0.39, 0.29) is 11.3 Å². The minimum atomic E-state index is -0.199. The second kappa shape index (κ2) is 5.72. The number of hydrogen-bond donors (Lipinski definition) is 1. The summed E-state index contributed by atoms with van der Waals surface area (Å²) < 4.78 is 0. The van der Waals surface area contributed by atoms with Crippen LogP contribution in [0.5, 0.6) is 0 Å². The summed E-state index contributed by atoms with van der Waals surface area (Å²) in [6, 6.07) is 3.69. The Bertz CT molecular complexity index is 420. The normalized spacial score (nSPS) is 27.3. The molecule has 0 bridgehead atoms. The molecule has 1 aliphatic rings. The smallest absolute Gasteiger partial charge is 0.230 e. The number of amides is 1. The lowest BCUT2D eigenvalue weighted by molar-refractivity contribution is -0.130. The van der Waals surface area contributed by atoms with Crippen molar-refractivity contribution in [3.63, 3.8) is 0 Å². The average molecular weight is 260 g/mol. The zero-order chi connectivity index (χ0) is 13.9. The van der Waals surface area contributed by atoms with Crippen molar-refractivity contribution >= 4 is 11.6 Å². The van der Waals surface area contributed by atoms with Crippen molar-refractivity contribution < 1.29 is 4.79 Å². The summed E-state index contributed by atoms with van der Waals surface area (Å²) in [5.41, 5.74) is 0.647. The minimum absolute atomic E-state index is 0.181. The molecule has 1 N–H and O–H groups in total. The van der Waals surface area contributed by atoms with Gasteiger partial charge in [-0.25, -0.2) is 0 Å². The molecule has 1 aliphatic carbocycles. The molecule has 104 valence electrons. The van der Waals surface area contributed by atoms with E-state index < -0.39 is 0 Å². The number of hydrogen-bond acceptors (Lipinski definition) is 2. The zero-order valence-electron chi connectivity index (χ0n) is 12.1. The van der Waals surface area contributed by atoms with Crippen molar-refractivity contribution in [1.29, 1.82) is 0 Å². The highest BCUT2D eigenvalue weighted by atomic mass is 16.2. The Hall–Kier alpha value is -1.38. The fourth-order valence-corrected chi connectivity index (χ4v) is 3.03. The SMILES string of the molecule is CC1CCC(C(=O)Nc2ccncc2)(C(C)C)CC1. The fraction of sp³-hybridized carbons (Fsp3) is 0.625. The Morgan fingerprint density at radius 3 is 2.42 bits per heavy atom. The van der Waals surface area contributed by atoms with Gasteiger partial charge >= 0.3 is 0 Å². The van der Waals surface area contributed by atoms with Crippen LogP contribution in [-0.2, 0) is 4.79 Å². The van der Waals surface area contributed by atoms with Gasteiger partial charge in [0.2, 0.25) is 5.91 Å². The van der Waals surface area contributed by atoms with Gasteiger partial charge in [-0.1, -0.05) is 20.8 Å². The molecule has 3 nitrogen and oxygen atoms in total. The first-order chi connectivity index (χ1) is 9.04. The van der Waals surface area contributed by atoms with Gasteiger partial charge in [-0.15, -0.1) is 0 Å². The van der Waals surface area contributed by atoms with Gasteiger partial charge in [-0.05, 0) is 49.7 Å². The van der Waals surface area contributed by atoms with Crippen LogP contribution in [0.1, 0.15) is 46.5 Å². The second-order valence-electron chi connectivity index (χ2n) is 6.18. The summed E-state index contributed by atoms with van der Waals surface area (Å²) in [7, 11) is 0. The summed E-state index contributed by atoms with van der Waals surface area (Å²) >= 11 is 0. The predicted octanol–water partition coefficient (Wildman–Crippen LogP) is 3.87. The maximum Gasteiger partial charge on any atom is 0.230 e. The number of pyridine rings is 1. The van der Waals surface area contributed by atoms with E-state index in [0.717, 1.165) is 37.3 Å². The number of nitrogens with zero attached hydrogens (tertiary/aromatic N) is 1. The van der Waals surface area contributed by atoms with Crippen molar-refractivity contribution in [2.75, 3.05) is 5.32 Å². The lowest BCUT2D eigenvalue weighted by Gasteiger charge is -2.41. The molecule has 1 fully saturated rings. The van der Waals surface area contributed by atoms with E-state index in [1.54, 1.807) is 12.4 Å². The largest absolute Gasteiger partial charge is 0.325 e. The average Bonchev–Trinajstić information content (AvgIpc) is 2.40. The number of nitrogens with one attached hydrogen (secondary N) is 1. The van der Waals surface area contributed by atoms with E-state index in [1.165, 1.54) is 0 Å². The summed E-state index contributed by atoms with van der Waals surface area (Å²) in [5.74, 6) is 1.31. The molecule has 0 unspecified atom stereocenters. The lowest BCUT2D eigenvalue weighted by Crippen LogP contribution is -2.43. The van der Waals surface area contributed by atoms with E-state index in [1.807, 2.05) is 12.1 Å². The summed E-state index contributed by atoms with van der Waals surface area (Å²) in [4.78, 5) is 16.7. The summed E-state index contributed by atoms with van der Waals surface area (Å²) in [6.07, 6.45) is 7.73. The topological polar surface area (TPSA) is 42.0 Å². The highest BCUT2D eigenvalue weighted by molar-refractivity contribution is 5.95. The van der Waals surface area contributed by atoms with E-state index in [2.05, 4.69) is 31.1 Å². The molecule has 0 radical (unpaired) electrons. The molecule has 1 heterocycles. The third-order valence-corrected chi connectivity index (χ3v) is 4.66. The number of carbonyl (C=O) groups is 1. The highest BCUT2D eigenvalue weighted by Crippen LogP contribution is 2.45. The Labute approximate surface area is 115 Å². The molecule has 2 rings (SSSR count). The van der Waals surface area contributed by atoms with Crippen LogP contribution in [0.25, 0.3) is 0 Å². The molecular weight excluding hydrogens is 236 g/mol. The van der Waals surface area contributed by atoms with Crippen molar-refractivity contribution in [1.82, 2.24) is 4.98 Å². The van der Waals surface area contributed by atoms with Crippen LogP contribution in [0.15, 0.2) is 24.5 Å². The van der Waals surface area contributed by atoms with Crippen molar-refractivity contribution in [2.24, 2.45) is 17.3 Å². The molecule has 1 amide bonds. The first-order valence-corrected chi connectivity index (χ1v) is 7.26. The Kier molecular flexibility index (Phi) is 4.23. The molecule has 0 spiro atoms. The first-order valence-electron chi connectivity index (χ1n) is 7.26. The molecule has 19 heavy (non-hydrogen) atoms. The number of rotatable bonds is 3. The molecule has 0 atom stereocenters. The summed E-state index contributed by atoms with van der Waals surface area (Å²) in [5, 5.41) is 3.07. The van der Waals surface area contributed by atoms with Gasteiger partial charge in [0.15, 0.2) is 0 Å². The van der Waals surface area contributed by atoms with Crippen LogP contribution in [0.2, 0.25) is 0 Å². The van der Waals surface area contributed by atoms with E-state index in [4.69, 9.17) is 0 Å². The Morgan fingerprint density at radius 1 is 1.32 bits per heavy atom. The van der Waals surface area contributed by atoms with E-state index in [0.29, 0.717) is 5.92 Å².